The first-order valence-corrected chi connectivity index (χ1v) is 9.77. The van der Waals surface area contributed by atoms with Gasteiger partial charge in [-0.3, -0.25) is 0 Å². The second-order valence-electron chi connectivity index (χ2n) is 7.22. The Balaban J connectivity index is 1.43. The van der Waals surface area contributed by atoms with Crippen LogP contribution in [0.15, 0.2) is 109 Å². The maximum atomic E-state index is 2.23. The van der Waals surface area contributed by atoms with Gasteiger partial charge in [-0.05, 0) is 59.4 Å². The van der Waals surface area contributed by atoms with E-state index in [1.165, 1.54) is 33.6 Å². The Bertz CT molecular complexity index is 903. The van der Waals surface area contributed by atoms with Crippen molar-refractivity contribution in [1.29, 1.82) is 0 Å². The Morgan fingerprint density at radius 3 is 1.11 bits per heavy atom. The molecular formula is C27H25N. The van der Waals surface area contributed by atoms with Crippen molar-refractivity contribution >= 4 is 11.4 Å². The van der Waals surface area contributed by atoms with Gasteiger partial charge in [-0.25, -0.2) is 0 Å². The highest BCUT2D eigenvalue weighted by atomic mass is 15.1. The molecule has 4 rings (SSSR count). The summed E-state index contributed by atoms with van der Waals surface area (Å²) in [6.45, 7) is 0. The van der Waals surface area contributed by atoms with Gasteiger partial charge in [0, 0.05) is 18.4 Å². The Hall–Kier alpha value is -3.32. The molecule has 0 atom stereocenters. The third-order valence-electron chi connectivity index (χ3n) is 5.15. The van der Waals surface area contributed by atoms with Gasteiger partial charge in [-0.2, -0.15) is 0 Å². The van der Waals surface area contributed by atoms with Crippen LogP contribution in [0.5, 0.6) is 0 Å². The molecule has 0 unspecified atom stereocenters. The lowest BCUT2D eigenvalue weighted by atomic mass is 10.0. The van der Waals surface area contributed by atoms with Gasteiger partial charge >= 0.3 is 0 Å². The SMILES string of the molecule is CN(c1ccc(Cc2ccccc2)cc1)c1ccc(Cc2ccccc2)cc1. The van der Waals surface area contributed by atoms with E-state index >= 15 is 0 Å². The van der Waals surface area contributed by atoms with E-state index in [4.69, 9.17) is 0 Å². The van der Waals surface area contributed by atoms with Crippen LogP contribution in [0.2, 0.25) is 0 Å². The first kappa shape index (κ1) is 18.1. The standard InChI is InChI=1S/C27H25N/c1-28(26-16-12-24(13-17-26)20-22-8-4-2-5-9-22)27-18-14-25(15-19-27)21-23-10-6-3-7-11-23/h2-19H,20-21H2,1H3. The van der Waals surface area contributed by atoms with E-state index < -0.39 is 0 Å². The summed E-state index contributed by atoms with van der Waals surface area (Å²) < 4.78 is 0. The number of anilines is 2. The third kappa shape index (κ3) is 4.50. The van der Waals surface area contributed by atoms with E-state index in [1.807, 2.05) is 0 Å². The number of hydrogen-bond donors (Lipinski definition) is 0. The Morgan fingerprint density at radius 2 is 0.750 bits per heavy atom. The fourth-order valence-corrected chi connectivity index (χ4v) is 3.49. The van der Waals surface area contributed by atoms with Crippen molar-refractivity contribution in [3.05, 3.63) is 131 Å². The molecule has 1 heteroatoms. The molecule has 138 valence electrons. The Labute approximate surface area is 167 Å². The van der Waals surface area contributed by atoms with Gasteiger partial charge in [-0.1, -0.05) is 84.9 Å². The van der Waals surface area contributed by atoms with Crippen LogP contribution >= 0.6 is 0 Å². The molecule has 0 amide bonds. The zero-order chi connectivity index (χ0) is 19.2. The van der Waals surface area contributed by atoms with Crippen LogP contribution in [0, 0.1) is 0 Å². The lowest BCUT2D eigenvalue weighted by molar-refractivity contribution is 1.16. The highest BCUT2D eigenvalue weighted by Gasteiger charge is 2.05. The molecule has 1 nitrogen and oxygen atoms in total. The predicted octanol–water partition coefficient (Wildman–Crippen LogP) is 6.64. The maximum absolute atomic E-state index is 2.23. The van der Waals surface area contributed by atoms with Gasteiger partial charge in [-0.15, -0.1) is 0 Å². The summed E-state index contributed by atoms with van der Waals surface area (Å²) in [6, 6.07) is 38.9. The molecule has 0 heterocycles. The average Bonchev–Trinajstić information content (AvgIpc) is 2.76. The number of benzene rings is 4. The molecule has 0 aliphatic carbocycles. The molecule has 0 radical (unpaired) electrons. The molecule has 0 saturated carbocycles. The minimum atomic E-state index is 0.971. The van der Waals surface area contributed by atoms with Crippen molar-refractivity contribution in [3.63, 3.8) is 0 Å². The van der Waals surface area contributed by atoms with E-state index in [0.29, 0.717) is 0 Å². The lowest BCUT2D eigenvalue weighted by Crippen LogP contribution is -2.09. The van der Waals surface area contributed by atoms with Crippen LogP contribution in [-0.2, 0) is 12.8 Å². The van der Waals surface area contributed by atoms with Gasteiger partial charge in [0.2, 0.25) is 0 Å². The van der Waals surface area contributed by atoms with Crippen molar-refractivity contribution in [2.75, 3.05) is 11.9 Å². The van der Waals surface area contributed by atoms with E-state index in [0.717, 1.165) is 12.8 Å². The van der Waals surface area contributed by atoms with Crippen molar-refractivity contribution in [3.8, 4) is 0 Å². The largest absolute Gasteiger partial charge is 0.345 e. The number of rotatable bonds is 6. The molecule has 4 aromatic carbocycles. The first-order valence-electron chi connectivity index (χ1n) is 9.77. The summed E-state index contributed by atoms with van der Waals surface area (Å²) in [7, 11) is 2.12. The van der Waals surface area contributed by atoms with E-state index in [9.17, 15) is 0 Å². The smallest absolute Gasteiger partial charge is 0.0408 e. The third-order valence-corrected chi connectivity index (χ3v) is 5.15. The van der Waals surface area contributed by atoms with Crippen molar-refractivity contribution in [2.45, 2.75) is 12.8 Å². The molecular weight excluding hydrogens is 338 g/mol. The molecule has 0 aliphatic rings. The summed E-state index contributed by atoms with van der Waals surface area (Å²) in [5, 5.41) is 0. The maximum Gasteiger partial charge on any atom is 0.0408 e. The minimum Gasteiger partial charge on any atom is -0.345 e. The van der Waals surface area contributed by atoms with Crippen molar-refractivity contribution in [1.82, 2.24) is 0 Å². The first-order chi connectivity index (χ1) is 13.8. The van der Waals surface area contributed by atoms with Crippen LogP contribution in [0.25, 0.3) is 0 Å². The normalized spacial score (nSPS) is 10.6. The Morgan fingerprint density at radius 1 is 0.429 bits per heavy atom. The quantitative estimate of drug-likeness (QED) is 0.371. The number of hydrogen-bond acceptors (Lipinski definition) is 1. The van der Waals surface area contributed by atoms with Gasteiger partial charge in [0.25, 0.3) is 0 Å². The summed E-state index contributed by atoms with van der Waals surface area (Å²) in [4.78, 5) is 2.23. The summed E-state index contributed by atoms with van der Waals surface area (Å²) in [5.41, 5.74) is 7.76. The highest BCUT2D eigenvalue weighted by Crippen LogP contribution is 2.25. The molecule has 28 heavy (non-hydrogen) atoms. The van der Waals surface area contributed by atoms with Gasteiger partial charge in [0.05, 0.1) is 0 Å². The molecule has 0 saturated heterocycles. The molecule has 0 aliphatic heterocycles. The van der Waals surface area contributed by atoms with E-state index in [-0.39, 0.29) is 0 Å². The minimum absolute atomic E-state index is 0.971. The zero-order valence-electron chi connectivity index (χ0n) is 16.3. The second-order valence-corrected chi connectivity index (χ2v) is 7.22. The molecule has 4 aromatic rings. The second kappa shape index (κ2) is 8.58. The molecule has 0 fully saturated rings. The topological polar surface area (TPSA) is 3.24 Å². The molecule has 0 bridgehead atoms. The molecule has 0 aromatic heterocycles. The van der Waals surface area contributed by atoms with Crippen LogP contribution in [-0.4, -0.2) is 7.05 Å². The number of nitrogens with zero attached hydrogens (tertiary/aromatic N) is 1. The monoisotopic (exact) mass is 363 g/mol. The van der Waals surface area contributed by atoms with Gasteiger partial charge < -0.3 is 4.90 Å². The summed E-state index contributed by atoms with van der Waals surface area (Å²) >= 11 is 0. The average molecular weight is 364 g/mol. The molecule has 0 spiro atoms. The van der Waals surface area contributed by atoms with Crippen LogP contribution in [0.3, 0.4) is 0 Å². The Kier molecular flexibility index (Phi) is 5.53. The predicted molar refractivity (Wildman–Crippen MR) is 119 cm³/mol. The van der Waals surface area contributed by atoms with Crippen molar-refractivity contribution in [2.24, 2.45) is 0 Å². The van der Waals surface area contributed by atoms with Crippen LogP contribution in [0.4, 0.5) is 11.4 Å². The summed E-state index contributed by atoms with van der Waals surface area (Å²) in [6.07, 6.45) is 1.94. The van der Waals surface area contributed by atoms with Crippen molar-refractivity contribution < 1.29 is 0 Å². The highest BCUT2D eigenvalue weighted by molar-refractivity contribution is 5.63. The van der Waals surface area contributed by atoms with Crippen LogP contribution < -0.4 is 4.90 Å². The van der Waals surface area contributed by atoms with Gasteiger partial charge in [0.1, 0.15) is 0 Å². The van der Waals surface area contributed by atoms with Crippen LogP contribution in [0.1, 0.15) is 22.3 Å². The lowest BCUT2D eigenvalue weighted by Gasteiger charge is -2.20. The molecule has 0 N–H and O–H groups in total. The fourth-order valence-electron chi connectivity index (χ4n) is 3.49. The van der Waals surface area contributed by atoms with E-state index in [2.05, 4.69) is 121 Å². The zero-order valence-corrected chi connectivity index (χ0v) is 16.3. The fraction of sp³-hybridized carbons (Fsp3) is 0.111. The van der Waals surface area contributed by atoms with E-state index in [1.54, 1.807) is 0 Å². The summed E-state index contributed by atoms with van der Waals surface area (Å²) in [5.74, 6) is 0. The van der Waals surface area contributed by atoms with Gasteiger partial charge in [0.15, 0.2) is 0 Å².